The van der Waals surface area contributed by atoms with E-state index in [0.29, 0.717) is 0 Å². The molecule has 0 amide bonds. The molecule has 13 heavy (non-hydrogen) atoms. The molecule has 0 radical (unpaired) electrons. The minimum atomic E-state index is 0.111. The summed E-state index contributed by atoms with van der Waals surface area (Å²) in [4.78, 5) is 4.40. The highest BCUT2D eigenvalue weighted by Gasteiger charge is 2.27. The van der Waals surface area contributed by atoms with Gasteiger partial charge in [0, 0.05) is 18.4 Å². The molecule has 1 aliphatic rings. The molecule has 1 aromatic heterocycles. The van der Waals surface area contributed by atoms with Gasteiger partial charge in [-0.15, -0.1) is 0 Å². The topological polar surface area (TPSA) is 43.8 Å². The van der Waals surface area contributed by atoms with Gasteiger partial charge in [-0.05, 0) is 6.42 Å². The minimum Gasteiger partial charge on any atom is -0.382 e. The van der Waals surface area contributed by atoms with Crippen molar-refractivity contribution >= 4 is 5.82 Å². The number of nitrogens with zero attached hydrogens (tertiary/aromatic N) is 2. The minimum absolute atomic E-state index is 0.111. The lowest BCUT2D eigenvalue weighted by Crippen LogP contribution is -2.18. The Bertz CT molecular complexity index is 331. The summed E-state index contributed by atoms with van der Waals surface area (Å²) in [5, 5.41) is 0. The van der Waals surface area contributed by atoms with Crippen LogP contribution in [0.5, 0.6) is 0 Å². The fourth-order valence-corrected chi connectivity index (χ4v) is 2.14. The fourth-order valence-electron chi connectivity index (χ4n) is 2.14. The molecule has 1 aromatic rings. The molecule has 3 heteroatoms. The quantitative estimate of drug-likeness (QED) is 0.659. The van der Waals surface area contributed by atoms with Crippen LogP contribution < -0.4 is 5.73 Å². The van der Waals surface area contributed by atoms with Crippen LogP contribution in [0.3, 0.4) is 0 Å². The molecule has 0 unspecified atom stereocenters. The lowest BCUT2D eigenvalue weighted by atomic mass is 9.92. The molecular formula is C10H17N3. The standard InChI is InChI=1S/C10H17N3/c1-10(2,3)8-9(11)12-7-5-4-6-13(7)8/h4-6,11H2,1-3H3. The third-order valence-corrected chi connectivity index (χ3v) is 2.57. The molecule has 0 bridgehead atoms. The number of nitrogen functional groups attached to an aromatic ring is 1. The number of hydrogen-bond donors (Lipinski definition) is 1. The van der Waals surface area contributed by atoms with Gasteiger partial charge in [0.15, 0.2) is 0 Å². The monoisotopic (exact) mass is 179 g/mol. The van der Waals surface area contributed by atoms with Gasteiger partial charge in [-0.3, -0.25) is 0 Å². The number of aryl methyl sites for hydroxylation is 1. The van der Waals surface area contributed by atoms with Crippen LogP contribution in [0.1, 0.15) is 38.7 Å². The molecule has 3 nitrogen and oxygen atoms in total. The summed E-state index contributed by atoms with van der Waals surface area (Å²) in [5.74, 6) is 1.89. The molecular weight excluding hydrogens is 162 g/mol. The van der Waals surface area contributed by atoms with Crippen LogP contribution >= 0.6 is 0 Å². The Balaban J connectivity index is 2.56. The first-order valence-corrected chi connectivity index (χ1v) is 4.85. The van der Waals surface area contributed by atoms with E-state index >= 15 is 0 Å². The summed E-state index contributed by atoms with van der Waals surface area (Å²) in [6.45, 7) is 7.65. The smallest absolute Gasteiger partial charge is 0.145 e. The molecule has 2 heterocycles. The Hall–Kier alpha value is -0.990. The van der Waals surface area contributed by atoms with Gasteiger partial charge in [0.25, 0.3) is 0 Å². The van der Waals surface area contributed by atoms with Crippen molar-refractivity contribution < 1.29 is 0 Å². The first kappa shape index (κ1) is 8.60. The Labute approximate surface area is 79.0 Å². The van der Waals surface area contributed by atoms with Crippen LogP contribution in [-0.4, -0.2) is 9.55 Å². The maximum Gasteiger partial charge on any atom is 0.145 e. The third kappa shape index (κ3) is 1.23. The molecule has 1 aliphatic heterocycles. The predicted molar refractivity (Wildman–Crippen MR) is 53.7 cm³/mol. The zero-order valence-corrected chi connectivity index (χ0v) is 8.59. The second-order valence-corrected chi connectivity index (χ2v) is 4.77. The zero-order chi connectivity index (χ0) is 9.64. The van der Waals surface area contributed by atoms with Gasteiger partial charge in [-0.1, -0.05) is 20.8 Å². The highest BCUT2D eigenvalue weighted by atomic mass is 15.1. The first-order chi connectivity index (χ1) is 6.00. The summed E-state index contributed by atoms with van der Waals surface area (Å²) in [6, 6.07) is 0. The largest absolute Gasteiger partial charge is 0.382 e. The van der Waals surface area contributed by atoms with E-state index in [1.807, 2.05) is 0 Å². The van der Waals surface area contributed by atoms with Crippen molar-refractivity contribution in [3.63, 3.8) is 0 Å². The summed E-state index contributed by atoms with van der Waals surface area (Å²) >= 11 is 0. The maximum atomic E-state index is 5.91. The Morgan fingerprint density at radius 1 is 1.38 bits per heavy atom. The number of fused-ring (bicyclic) bond motifs is 1. The molecule has 0 aromatic carbocycles. The third-order valence-electron chi connectivity index (χ3n) is 2.57. The second-order valence-electron chi connectivity index (χ2n) is 4.77. The Morgan fingerprint density at radius 3 is 2.69 bits per heavy atom. The van der Waals surface area contributed by atoms with Crippen molar-refractivity contribution in [2.24, 2.45) is 0 Å². The number of hydrogen-bond acceptors (Lipinski definition) is 2. The molecule has 0 atom stereocenters. The predicted octanol–water partition coefficient (Wildman–Crippen LogP) is 1.71. The molecule has 0 spiro atoms. The summed E-state index contributed by atoms with van der Waals surface area (Å²) in [7, 11) is 0. The highest BCUT2D eigenvalue weighted by molar-refractivity contribution is 5.42. The lowest BCUT2D eigenvalue weighted by molar-refractivity contribution is 0.529. The average molecular weight is 179 g/mol. The van der Waals surface area contributed by atoms with Crippen molar-refractivity contribution in [3.8, 4) is 0 Å². The van der Waals surface area contributed by atoms with Crippen LogP contribution in [0, 0.1) is 0 Å². The SMILES string of the molecule is CC(C)(C)c1c(N)nc2n1CCC2. The van der Waals surface area contributed by atoms with Gasteiger partial charge in [0.1, 0.15) is 11.6 Å². The number of nitrogens with two attached hydrogens (primary N) is 1. The van der Waals surface area contributed by atoms with E-state index < -0.39 is 0 Å². The first-order valence-electron chi connectivity index (χ1n) is 4.85. The molecule has 0 saturated heterocycles. The second kappa shape index (κ2) is 2.50. The molecule has 2 rings (SSSR count). The van der Waals surface area contributed by atoms with Crippen molar-refractivity contribution in [2.75, 3.05) is 5.73 Å². The van der Waals surface area contributed by atoms with Gasteiger partial charge in [0.2, 0.25) is 0 Å². The van der Waals surface area contributed by atoms with Crippen molar-refractivity contribution in [2.45, 2.75) is 45.6 Å². The van der Waals surface area contributed by atoms with Gasteiger partial charge in [0.05, 0.1) is 5.69 Å². The molecule has 0 fully saturated rings. The summed E-state index contributed by atoms with van der Waals surface area (Å²) in [6.07, 6.45) is 2.30. The van der Waals surface area contributed by atoms with Gasteiger partial charge < -0.3 is 10.3 Å². The number of rotatable bonds is 0. The van der Waals surface area contributed by atoms with E-state index in [1.165, 1.54) is 17.9 Å². The summed E-state index contributed by atoms with van der Waals surface area (Å²) < 4.78 is 2.29. The van der Waals surface area contributed by atoms with E-state index in [2.05, 4.69) is 30.3 Å². The van der Waals surface area contributed by atoms with E-state index in [-0.39, 0.29) is 5.41 Å². The fraction of sp³-hybridized carbons (Fsp3) is 0.700. The van der Waals surface area contributed by atoms with E-state index in [9.17, 15) is 0 Å². The maximum absolute atomic E-state index is 5.91. The van der Waals surface area contributed by atoms with Crippen LogP contribution in [0.2, 0.25) is 0 Å². The van der Waals surface area contributed by atoms with Crippen molar-refractivity contribution in [3.05, 3.63) is 11.5 Å². The van der Waals surface area contributed by atoms with Crippen LogP contribution in [0.15, 0.2) is 0 Å². The van der Waals surface area contributed by atoms with Crippen molar-refractivity contribution in [1.29, 1.82) is 0 Å². The molecule has 0 saturated carbocycles. The van der Waals surface area contributed by atoms with Gasteiger partial charge in [-0.25, -0.2) is 4.98 Å². The van der Waals surface area contributed by atoms with Gasteiger partial charge in [-0.2, -0.15) is 0 Å². The van der Waals surface area contributed by atoms with Crippen LogP contribution in [0.25, 0.3) is 0 Å². The normalized spacial score (nSPS) is 16.2. The van der Waals surface area contributed by atoms with E-state index in [0.717, 1.165) is 18.8 Å². The van der Waals surface area contributed by atoms with E-state index in [4.69, 9.17) is 5.73 Å². The van der Waals surface area contributed by atoms with Crippen molar-refractivity contribution in [1.82, 2.24) is 9.55 Å². The molecule has 2 N–H and O–H groups in total. The number of imidazole rings is 1. The van der Waals surface area contributed by atoms with Crippen LogP contribution in [0.4, 0.5) is 5.82 Å². The molecule has 0 aliphatic carbocycles. The lowest BCUT2D eigenvalue weighted by Gasteiger charge is -2.20. The van der Waals surface area contributed by atoms with Gasteiger partial charge >= 0.3 is 0 Å². The zero-order valence-electron chi connectivity index (χ0n) is 8.59. The number of aromatic nitrogens is 2. The highest BCUT2D eigenvalue weighted by Crippen LogP contribution is 2.31. The number of anilines is 1. The van der Waals surface area contributed by atoms with E-state index in [1.54, 1.807) is 0 Å². The summed E-state index contributed by atoms with van der Waals surface area (Å²) in [5.41, 5.74) is 7.22. The average Bonchev–Trinajstić information content (AvgIpc) is 2.41. The molecule has 72 valence electrons. The Kier molecular flexibility index (Phi) is 1.65. The van der Waals surface area contributed by atoms with Crippen LogP contribution in [-0.2, 0) is 18.4 Å². The Morgan fingerprint density at radius 2 is 2.08 bits per heavy atom.